The molecule has 2 atom stereocenters. The lowest BCUT2D eigenvalue weighted by molar-refractivity contribution is -0.164. The van der Waals surface area contributed by atoms with Crippen molar-refractivity contribution in [1.29, 1.82) is 0 Å². The van der Waals surface area contributed by atoms with E-state index in [-0.39, 0.29) is 6.61 Å². The molecule has 7 heteroatoms. The molecule has 156 valence electrons. The summed E-state index contributed by atoms with van der Waals surface area (Å²) >= 11 is 0. The Bertz CT molecular complexity index is 674. The van der Waals surface area contributed by atoms with Crippen LogP contribution in [0.4, 0.5) is 4.79 Å². The number of alkyl carbamates (subject to hydrolysis) is 1. The fourth-order valence-corrected chi connectivity index (χ4v) is 2.65. The fraction of sp³-hybridized carbons (Fsp3) is 0.571. The number of esters is 1. The molecule has 0 radical (unpaired) electrons. The Morgan fingerprint density at radius 1 is 0.964 bits per heavy atom. The van der Waals surface area contributed by atoms with E-state index < -0.39 is 41.1 Å². The maximum absolute atomic E-state index is 12.2. The van der Waals surface area contributed by atoms with E-state index in [0.29, 0.717) is 0 Å². The second-order valence-electron chi connectivity index (χ2n) is 8.81. The first-order chi connectivity index (χ1) is 12.8. The highest BCUT2D eigenvalue weighted by atomic mass is 16.6. The summed E-state index contributed by atoms with van der Waals surface area (Å²) in [6, 6.07) is 8.33. The average molecular weight is 392 g/mol. The van der Waals surface area contributed by atoms with E-state index >= 15 is 0 Å². The highest BCUT2D eigenvalue weighted by Crippen LogP contribution is 2.22. The smallest absolute Gasteiger partial charge is 0.407 e. The van der Waals surface area contributed by atoms with Crippen molar-refractivity contribution >= 4 is 18.0 Å². The Labute approximate surface area is 167 Å². The molecule has 0 aromatic heterocycles. The molecule has 1 rings (SSSR count). The molecule has 0 bridgehead atoms. The molecule has 28 heavy (non-hydrogen) atoms. The maximum Gasteiger partial charge on any atom is 0.407 e. The number of amides is 2. The highest BCUT2D eigenvalue weighted by molar-refractivity contribution is 6.32. The number of nitrogens with one attached hydrogen (secondary N) is 2. The first-order valence-corrected chi connectivity index (χ1v) is 9.30. The zero-order valence-electron chi connectivity index (χ0n) is 17.8. The number of carbonyl (C=O) groups is 3. The van der Waals surface area contributed by atoms with Crippen molar-refractivity contribution < 1.29 is 23.9 Å². The van der Waals surface area contributed by atoms with E-state index in [0.717, 1.165) is 5.56 Å². The van der Waals surface area contributed by atoms with Crippen LogP contribution >= 0.6 is 0 Å². The van der Waals surface area contributed by atoms with Crippen molar-refractivity contribution in [3.8, 4) is 0 Å². The van der Waals surface area contributed by atoms with Gasteiger partial charge in [0.1, 0.15) is 12.2 Å². The Morgan fingerprint density at radius 2 is 1.54 bits per heavy atom. The molecule has 7 nitrogen and oxygen atoms in total. The van der Waals surface area contributed by atoms with Crippen LogP contribution in [0.1, 0.15) is 54.0 Å². The van der Waals surface area contributed by atoms with Crippen LogP contribution in [-0.4, -0.2) is 35.7 Å². The van der Waals surface area contributed by atoms with Gasteiger partial charge in [0.25, 0.3) is 0 Å². The molecule has 0 aliphatic carbocycles. The number of rotatable bonds is 5. The van der Waals surface area contributed by atoms with Gasteiger partial charge in [0.05, 0.1) is 12.1 Å². The molecule has 0 spiro atoms. The Balaban J connectivity index is 2.69. The molecule has 1 aromatic rings. The number of ether oxygens (including phenoxy) is 2. The first-order valence-electron chi connectivity index (χ1n) is 9.30. The Hall–Kier alpha value is -2.57. The van der Waals surface area contributed by atoms with Gasteiger partial charge in [-0.05, 0) is 38.7 Å². The summed E-state index contributed by atoms with van der Waals surface area (Å²) in [5.41, 5.74) is -0.323. The lowest BCUT2D eigenvalue weighted by Gasteiger charge is -2.36. The van der Waals surface area contributed by atoms with Crippen molar-refractivity contribution in [2.45, 2.75) is 72.8 Å². The van der Waals surface area contributed by atoms with E-state index in [9.17, 15) is 14.4 Å². The van der Waals surface area contributed by atoms with Crippen LogP contribution in [0.5, 0.6) is 0 Å². The minimum Gasteiger partial charge on any atom is -0.453 e. The van der Waals surface area contributed by atoms with Gasteiger partial charge in [-0.2, -0.15) is 0 Å². The summed E-state index contributed by atoms with van der Waals surface area (Å²) in [5.74, 6) is -1.80. The molecule has 2 unspecified atom stereocenters. The summed E-state index contributed by atoms with van der Waals surface area (Å²) in [5, 5.41) is 5.40. The monoisotopic (exact) mass is 392 g/mol. The summed E-state index contributed by atoms with van der Waals surface area (Å²) < 4.78 is 10.3. The number of hydrogen-bond acceptors (Lipinski definition) is 5. The van der Waals surface area contributed by atoms with Gasteiger partial charge in [0.2, 0.25) is 0 Å². The Morgan fingerprint density at radius 3 is 2.04 bits per heavy atom. The van der Waals surface area contributed by atoms with E-state index in [1.165, 1.54) is 0 Å². The largest absolute Gasteiger partial charge is 0.453 e. The van der Waals surface area contributed by atoms with E-state index in [2.05, 4.69) is 10.6 Å². The van der Waals surface area contributed by atoms with Gasteiger partial charge in [-0.1, -0.05) is 51.1 Å². The molecule has 0 heterocycles. The third-order valence-electron chi connectivity index (χ3n) is 3.86. The van der Waals surface area contributed by atoms with Crippen LogP contribution in [-0.2, 0) is 25.7 Å². The van der Waals surface area contributed by atoms with Crippen LogP contribution < -0.4 is 10.6 Å². The zero-order valence-corrected chi connectivity index (χ0v) is 17.8. The maximum atomic E-state index is 12.2. The molecule has 1 aromatic carbocycles. The molecule has 0 aliphatic rings. The third kappa shape index (κ3) is 8.41. The molecule has 2 N–H and O–H groups in total. The quantitative estimate of drug-likeness (QED) is 0.593. The number of hydrogen-bond donors (Lipinski definition) is 2. The molecular formula is C21H32N2O5. The molecule has 2 amide bonds. The summed E-state index contributed by atoms with van der Waals surface area (Å²) in [7, 11) is 0. The average Bonchev–Trinajstić information content (AvgIpc) is 2.55. The van der Waals surface area contributed by atoms with Crippen LogP contribution in [0, 0.1) is 5.41 Å². The minimum atomic E-state index is -0.958. The fourth-order valence-electron chi connectivity index (χ4n) is 2.65. The van der Waals surface area contributed by atoms with Gasteiger partial charge in [-0.15, -0.1) is 0 Å². The van der Waals surface area contributed by atoms with Gasteiger partial charge in [0, 0.05) is 0 Å². The van der Waals surface area contributed by atoms with Gasteiger partial charge >= 0.3 is 18.0 Å². The van der Waals surface area contributed by atoms with E-state index in [1.807, 2.05) is 51.1 Å². The third-order valence-corrected chi connectivity index (χ3v) is 3.86. The second kappa shape index (κ2) is 9.57. The summed E-state index contributed by atoms with van der Waals surface area (Å²) in [6.45, 7) is 12.7. The van der Waals surface area contributed by atoms with Crippen LogP contribution in [0.15, 0.2) is 30.3 Å². The molecular weight excluding hydrogens is 360 g/mol. The van der Waals surface area contributed by atoms with Crippen LogP contribution in [0.3, 0.4) is 0 Å². The van der Waals surface area contributed by atoms with Crippen molar-refractivity contribution in [1.82, 2.24) is 10.6 Å². The van der Waals surface area contributed by atoms with Crippen LogP contribution in [0.2, 0.25) is 0 Å². The van der Waals surface area contributed by atoms with Gasteiger partial charge in [-0.25, -0.2) is 9.59 Å². The van der Waals surface area contributed by atoms with Crippen molar-refractivity contribution in [2.24, 2.45) is 5.41 Å². The molecule has 0 saturated heterocycles. The number of benzene rings is 1. The second-order valence-corrected chi connectivity index (χ2v) is 8.81. The van der Waals surface area contributed by atoms with Crippen molar-refractivity contribution in [3.05, 3.63) is 35.9 Å². The van der Waals surface area contributed by atoms with Gasteiger partial charge in [0.15, 0.2) is 0 Å². The lowest BCUT2D eigenvalue weighted by Crippen LogP contribution is -2.57. The summed E-state index contributed by atoms with van der Waals surface area (Å²) in [4.78, 5) is 36.4. The molecule has 0 aliphatic heterocycles. The van der Waals surface area contributed by atoms with E-state index in [1.54, 1.807) is 27.7 Å². The SMILES string of the molecule is CC(NC(=O)OCc1ccccc1)C(NC(=O)C(=O)OC(C)(C)C)C(C)(C)C. The predicted octanol–water partition coefficient (Wildman–Crippen LogP) is 3.17. The van der Waals surface area contributed by atoms with Gasteiger partial charge < -0.3 is 20.1 Å². The highest BCUT2D eigenvalue weighted by Gasteiger charge is 2.35. The normalized spacial score (nSPS) is 13.8. The molecule has 0 fully saturated rings. The molecule has 0 saturated carbocycles. The predicted molar refractivity (Wildman–Crippen MR) is 106 cm³/mol. The first kappa shape index (κ1) is 23.5. The standard InChI is InChI=1S/C21H32N2O5/c1-14(22-19(26)27-13-15-11-9-8-10-12-15)16(20(2,3)4)23-17(24)18(25)28-21(5,6)7/h8-12,14,16H,13H2,1-7H3,(H,22,26)(H,23,24). The van der Waals surface area contributed by atoms with Crippen molar-refractivity contribution in [2.75, 3.05) is 0 Å². The van der Waals surface area contributed by atoms with Crippen LogP contribution in [0.25, 0.3) is 0 Å². The zero-order chi connectivity index (χ0) is 21.5. The lowest BCUT2D eigenvalue weighted by atomic mass is 9.82. The van der Waals surface area contributed by atoms with Crippen molar-refractivity contribution in [3.63, 3.8) is 0 Å². The summed E-state index contributed by atoms with van der Waals surface area (Å²) in [6.07, 6.45) is -0.600. The topological polar surface area (TPSA) is 93.7 Å². The Kier molecular flexibility index (Phi) is 8.02. The minimum absolute atomic E-state index is 0.143. The number of carbonyl (C=O) groups excluding carboxylic acids is 3. The van der Waals surface area contributed by atoms with Gasteiger partial charge in [-0.3, -0.25) is 4.79 Å². The van der Waals surface area contributed by atoms with E-state index in [4.69, 9.17) is 9.47 Å².